The zero-order valence-corrected chi connectivity index (χ0v) is 23.2. The molecule has 4 fully saturated rings. The van der Waals surface area contributed by atoms with Crippen LogP contribution < -0.4 is 10.6 Å². The lowest BCUT2D eigenvalue weighted by molar-refractivity contribution is -0.125. The highest BCUT2D eigenvalue weighted by Gasteiger charge is 2.56. The van der Waals surface area contributed by atoms with Crippen molar-refractivity contribution in [1.82, 2.24) is 20.4 Å². The van der Waals surface area contributed by atoms with Gasteiger partial charge in [-0.2, -0.15) is 0 Å². The van der Waals surface area contributed by atoms with Crippen LogP contribution >= 0.6 is 0 Å². The number of fused-ring (bicyclic) bond motifs is 1. The molecular weight excluding hydrogens is 424 g/mol. The van der Waals surface area contributed by atoms with Crippen LogP contribution in [-0.2, 0) is 9.59 Å². The van der Waals surface area contributed by atoms with Crippen LogP contribution in [0.2, 0.25) is 0 Å². The highest BCUT2D eigenvalue weighted by Crippen LogP contribution is 2.47. The molecule has 4 rings (SSSR count). The van der Waals surface area contributed by atoms with Gasteiger partial charge >= 0.3 is 0 Å². The number of hydrogen-bond acceptors (Lipinski definition) is 4. The summed E-state index contributed by atoms with van der Waals surface area (Å²) in [5, 5.41) is 6.48. The second-order valence-electron chi connectivity index (χ2n) is 13.1. The van der Waals surface area contributed by atoms with E-state index < -0.39 is 0 Å². The SMILES string of the molecule is CC(C)CN1CC2C(C1)C2NC(=O)C(C)C.CC(C)CN1CCC(C2(NC(=O)C(C)C)CC2)C1. The molecule has 0 bridgehead atoms. The van der Waals surface area contributed by atoms with Gasteiger partial charge in [0.2, 0.25) is 11.8 Å². The molecule has 0 aromatic heterocycles. The van der Waals surface area contributed by atoms with Crippen LogP contribution in [0.4, 0.5) is 0 Å². The number of piperidine rings is 1. The highest BCUT2D eigenvalue weighted by atomic mass is 16.2. The Morgan fingerprint density at radius 3 is 1.79 bits per heavy atom. The van der Waals surface area contributed by atoms with Crippen molar-refractivity contribution >= 4 is 11.8 Å². The lowest BCUT2D eigenvalue weighted by atomic mass is 9.95. The molecule has 0 aromatic rings. The maximum Gasteiger partial charge on any atom is 0.222 e. The summed E-state index contributed by atoms with van der Waals surface area (Å²) >= 11 is 0. The molecule has 2 N–H and O–H groups in total. The van der Waals surface area contributed by atoms with E-state index in [2.05, 4.69) is 48.1 Å². The molecule has 34 heavy (non-hydrogen) atoms. The Morgan fingerprint density at radius 1 is 0.794 bits per heavy atom. The fourth-order valence-corrected chi connectivity index (χ4v) is 5.95. The van der Waals surface area contributed by atoms with E-state index >= 15 is 0 Å². The van der Waals surface area contributed by atoms with Gasteiger partial charge in [-0.25, -0.2) is 0 Å². The number of hydrogen-bond donors (Lipinski definition) is 2. The Bertz CT molecular complexity index is 689. The minimum atomic E-state index is 0.107. The molecule has 0 spiro atoms. The molecule has 6 heteroatoms. The van der Waals surface area contributed by atoms with E-state index in [0.29, 0.717) is 12.0 Å². The van der Waals surface area contributed by atoms with E-state index in [1.807, 2.05) is 27.7 Å². The normalized spacial score (nSPS) is 29.9. The number of nitrogens with zero attached hydrogens (tertiary/aromatic N) is 2. The lowest BCUT2D eigenvalue weighted by Crippen LogP contribution is -2.45. The Balaban J connectivity index is 0.000000192. The van der Waals surface area contributed by atoms with Gasteiger partial charge in [-0.3, -0.25) is 9.59 Å². The van der Waals surface area contributed by atoms with E-state index in [1.165, 1.54) is 58.5 Å². The molecule has 196 valence electrons. The van der Waals surface area contributed by atoms with E-state index in [0.717, 1.165) is 23.7 Å². The summed E-state index contributed by atoms with van der Waals surface area (Å²) in [4.78, 5) is 28.6. The third kappa shape index (κ3) is 7.19. The zero-order chi connectivity index (χ0) is 25.2. The van der Waals surface area contributed by atoms with Crippen LogP contribution in [-0.4, -0.2) is 72.5 Å². The molecule has 4 aliphatic rings. The number of likely N-dealkylation sites (tertiary alicyclic amines) is 2. The summed E-state index contributed by atoms with van der Waals surface area (Å²) < 4.78 is 0. The van der Waals surface area contributed by atoms with Crippen LogP contribution in [0.5, 0.6) is 0 Å². The smallest absolute Gasteiger partial charge is 0.222 e. The van der Waals surface area contributed by atoms with Crippen molar-refractivity contribution in [2.24, 2.45) is 41.4 Å². The van der Waals surface area contributed by atoms with Gasteiger partial charge in [0, 0.05) is 56.1 Å². The van der Waals surface area contributed by atoms with Gasteiger partial charge < -0.3 is 20.4 Å². The van der Waals surface area contributed by atoms with Crippen molar-refractivity contribution in [2.45, 2.75) is 86.2 Å². The minimum absolute atomic E-state index is 0.107. The maximum atomic E-state index is 11.9. The topological polar surface area (TPSA) is 64.7 Å². The maximum absolute atomic E-state index is 11.9. The Hall–Kier alpha value is -1.14. The van der Waals surface area contributed by atoms with Gasteiger partial charge in [0.1, 0.15) is 0 Å². The molecular formula is C28H52N4O2. The van der Waals surface area contributed by atoms with Gasteiger partial charge in [0.25, 0.3) is 0 Å². The van der Waals surface area contributed by atoms with Crippen molar-refractivity contribution < 1.29 is 9.59 Å². The standard InChI is InChI=1S/C15H28N2O.C13H24N2O/c1-11(2)9-17-8-5-13(10-17)15(6-7-15)16-14(18)12(3)4;1-8(2)5-15-6-10-11(7-15)12(10)14-13(16)9(3)4/h11-13H,5-10H2,1-4H3,(H,16,18);8-12H,5-7H2,1-4H3,(H,14,16). The predicted octanol–water partition coefficient (Wildman–Crippen LogP) is 3.61. The first-order valence-corrected chi connectivity index (χ1v) is 14.0. The Kier molecular flexibility index (Phi) is 9.11. The van der Waals surface area contributed by atoms with Gasteiger partial charge in [-0.1, -0.05) is 55.4 Å². The van der Waals surface area contributed by atoms with Crippen LogP contribution in [0.3, 0.4) is 0 Å². The van der Waals surface area contributed by atoms with Gasteiger partial charge in [-0.15, -0.1) is 0 Å². The molecule has 2 aliphatic carbocycles. The van der Waals surface area contributed by atoms with Crippen LogP contribution in [0, 0.1) is 41.4 Å². The molecule has 3 unspecified atom stereocenters. The lowest BCUT2D eigenvalue weighted by Gasteiger charge is -2.26. The molecule has 0 radical (unpaired) electrons. The molecule has 0 aromatic carbocycles. The van der Waals surface area contributed by atoms with Crippen molar-refractivity contribution in [1.29, 1.82) is 0 Å². The predicted molar refractivity (Wildman–Crippen MR) is 139 cm³/mol. The largest absolute Gasteiger partial charge is 0.352 e. The molecule has 2 amide bonds. The van der Waals surface area contributed by atoms with Gasteiger partial charge in [0.05, 0.1) is 0 Å². The Labute approximate surface area is 209 Å². The van der Waals surface area contributed by atoms with E-state index in [9.17, 15) is 9.59 Å². The van der Waals surface area contributed by atoms with Crippen LogP contribution in [0.1, 0.15) is 74.7 Å². The van der Waals surface area contributed by atoms with E-state index in [-0.39, 0.29) is 29.2 Å². The first kappa shape index (κ1) is 27.4. The first-order chi connectivity index (χ1) is 15.9. The quantitative estimate of drug-likeness (QED) is 0.534. The molecule has 2 aliphatic heterocycles. The number of rotatable bonds is 9. The van der Waals surface area contributed by atoms with E-state index in [4.69, 9.17) is 0 Å². The van der Waals surface area contributed by atoms with Crippen molar-refractivity contribution in [3.8, 4) is 0 Å². The summed E-state index contributed by atoms with van der Waals surface area (Å²) in [5.74, 6) is 4.32. The molecule has 2 saturated carbocycles. The first-order valence-electron chi connectivity index (χ1n) is 14.0. The Morgan fingerprint density at radius 2 is 1.32 bits per heavy atom. The third-order valence-electron chi connectivity index (χ3n) is 8.09. The summed E-state index contributed by atoms with van der Waals surface area (Å²) in [6, 6.07) is 0.485. The monoisotopic (exact) mass is 476 g/mol. The minimum Gasteiger partial charge on any atom is -0.352 e. The fraction of sp³-hybridized carbons (Fsp3) is 0.929. The highest BCUT2D eigenvalue weighted by molar-refractivity contribution is 5.79. The molecule has 2 heterocycles. The van der Waals surface area contributed by atoms with E-state index in [1.54, 1.807) is 0 Å². The summed E-state index contributed by atoms with van der Waals surface area (Å²) in [5.41, 5.74) is 0.160. The number of amides is 2. The zero-order valence-electron chi connectivity index (χ0n) is 23.2. The fourth-order valence-electron chi connectivity index (χ4n) is 5.95. The third-order valence-corrected chi connectivity index (χ3v) is 8.09. The molecule has 2 saturated heterocycles. The number of carbonyl (C=O) groups is 2. The van der Waals surface area contributed by atoms with Crippen LogP contribution in [0.25, 0.3) is 0 Å². The van der Waals surface area contributed by atoms with Crippen molar-refractivity contribution in [2.75, 3.05) is 39.3 Å². The molecule has 6 nitrogen and oxygen atoms in total. The summed E-state index contributed by atoms with van der Waals surface area (Å²) in [6.45, 7) is 24.1. The number of carbonyl (C=O) groups excluding carboxylic acids is 2. The average molecular weight is 477 g/mol. The number of nitrogens with one attached hydrogen (secondary N) is 2. The average Bonchev–Trinajstić information content (AvgIpc) is 3.49. The summed E-state index contributed by atoms with van der Waals surface area (Å²) in [6.07, 6.45) is 3.63. The second-order valence-corrected chi connectivity index (χ2v) is 13.1. The molecule has 3 atom stereocenters. The van der Waals surface area contributed by atoms with Crippen LogP contribution in [0.15, 0.2) is 0 Å². The van der Waals surface area contributed by atoms with Crippen molar-refractivity contribution in [3.63, 3.8) is 0 Å². The second kappa shape index (κ2) is 11.3. The summed E-state index contributed by atoms with van der Waals surface area (Å²) in [7, 11) is 0. The van der Waals surface area contributed by atoms with Gasteiger partial charge in [0.15, 0.2) is 0 Å². The van der Waals surface area contributed by atoms with Gasteiger partial charge in [-0.05, 0) is 55.4 Å². The van der Waals surface area contributed by atoms with Crippen molar-refractivity contribution in [3.05, 3.63) is 0 Å².